The summed E-state index contributed by atoms with van der Waals surface area (Å²) in [6.07, 6.45) is 36.8. The maximum Gasteiger partial charge on any atom is 0.306 e. The molecule has 3 N–H and O–H groups in total. The van der Waals surface area contributed by atoms with Gasteiger partial charge in [-0.3, -0.25) is 9.59 Å². The van der Waals surface area contributed by atoms with Crippen LogP contribution in [0, 0.1) is 0 Å². The predicted octanol–water partition coefficient (Wildman–Crippen LogP) is 10.8. The van der Waals surface area contributed by atoms with Crippen LogP contribution in [-0.4, -0.2) is 46.9 Å². The Morgan fingerprint density at radius 2 is 1.06 bits per heavy atom. The molecule has 0 bridgehead atoms. The Morgan fingerprint density at radius 1 is 0.596 bits per heavy atom. The second-order valence-electron chi connectivity index (χ2n) is 13.7. The van der Waals surface area contributed by atoms with Crippen molar-refractivity contribution in [3.05, 3.63) is 24.3 Å². The molecule has 0 heterocycles. The molecule has 0 saturated carbocycles. The Hall–Kier alpha value is -1.66. The minimum absolute atomic E-state index is 0.0647. The first-order valence-electron chi connectivity index (χ1n) is 20.1. The van der Waals surface area contributed by atoms with E-state index in [9.17, 15) is 19.8 Å². The minimum atomic E-state index is -0.785. The summed E-state index contributed by atoms with van der Waals surface area (Å²) >= 11 is 0. The quantitative estimate of drug-likeness (QED) is 0.0356. The molecule has 47 heavy (non-hydrogen) atoms. The summed E-state index contributed by atoms with van der Waals surface area (Å²) < 4.78 is 5.83. The smallest absolute Gasteiger partial charge is 0.306 e. The summed E-state index contributed by atoms with van der Waals surface area (Å²) in [7, 11) is 0. The van der Waals surface area contributed by atoms with Crippen LogP contribution in [0.15, 0.2) is 24.3 Å². The Labute approximate surface area is 291 Å². The Morgan fingerprint density at radius 3 is 1.62 bits per heavy atom. The Bertz CT molecular complexity index is 752. The van der Waals surface area contributed by atoms with Crippen LogP contribution in [-0.2, 0) is 14.3 Å². The largest absolute Gasteiger partial charge is 0.462 e. The number of nitrogens with one attached hydrogen (secondary N) is 1. The summed E-state index contributed by atoms with van der Waals surface area (Å²) in [4.78, 5) is 25.7. The minimum Gasteiger partial charge on any atom is -0.462 e. The second-order valence-corrected chi connectivity index (χ2v) is 13.7. The van der Waals surface area contributed by atoms with Gasteiger partial charge in [0.15, 0.2) is 0 Å². The van der Waals surface area contributed by atoms with Crippen molar-refractivity contribution in [2.75, 3.05) is 6.61 Å². The number of unbranched alkanes of at least 4 members (excludes halogenated alkanes) is 19. The molecule has 0 rings (SSSR count). The molecule has 1 amide bonds. The van der Waals surface area contributed by atoms with Crippen molar-refractivity contribution in [2.24, 2.45) is 0 Å². The standard InChI is InChI=1S/C41H77NO5/c1-4-7-10-13-16-19-21-24-27-30-33-39(44)38(36-43)42-40(45)35-37(32-29-26-23-18-15-12-9-6-3)47-41(46)34-31-28-25-22-20-17-14-11-8-5-2/h11-12,14-15,37-39,43-44H,4-10,13,16-36H2,1-3H3,(H,42,45)/b14-11-,15-12-. The molecular weight excluding hydrogens is 586 g/mol. The predicted molar refractivity (Wildman–Crippen MR) is 199 cm³/mol. The maximum atomic E-state index is 13.0. The third-order valence-corrected chi connectivity index (χ3v) is 8.96. The Balaban J connectivity index is 4.57. The fourth-order valence-electron chi connectivity index (χ4n) is 5.90. The average Bonchev–Trinajstić information content (AvgIpc) is 3.06. The first-order chi connectivity index (χ1) is 23.0. The van der Waals surface area contributed by atoms with Crippen molar-refractivity contribution in [3.63, 3.8) is 0 Å². The van der Waals surface area contributed by atoms with E-state index in [0.29, 0.717) is 19.3 Å². The average molecular weight is 664 g/mol. The molecule has 3 atom stereocenters. The molecule has 0 aromatic carbocycles. The van der Waals surface area contributed by atoms with Gasteiger partial charge in [0.05, 0.1) is 25.2 Å². The zero-order chi connectivity index (χ0) is 34.6. The molecule has 0 aliphatic carbocycles. The SMILES string of the molecule is CCC/C=C\CCCCCCCC(=O)OC(CCCCC/C=C\CCC)CC(=O)NC(CO)C(O)CCCCCCCCCCCC. The zero-order valence-electron chi connectivity index (χ0n) is 31.2. The highest BCUT2D eigenvalue weighted by Crippen LogP contribution is 2.16. The van der Waals surface area contributed by atoms with Crippen LogP contribution in [0.25, 0.3) is 0 Å². The lowest BCUT2D eigenvalue weighted by Gasteiger charge is -2.24. The van der Waals surface area contributed by atoms with Gasteiger partial charge < -0.3 is 20.3 Å². The number of aliphatic hydroxyl groups excluding tert-OH is 2. The number of hydrogen-bond acceptors (Lipinski definition) is 5. The van der Waals surface area contributed by atoms with Crippen molar-refractivity contribution < 1.29 is 24.5 Å². The molecule has 0 aromatic heterocycles. The summed E-state index contributed by atoms with van der Waals surface area (Å²) in [5.41, 5.74) is 0. The molecule has 6 heteroatoms. The number of carbonyl (C=O) groups is 2. The third-order valence-electron chi connectivity index (χ3n) is 8.96. The van der Waals surface area contributed by atoms with Crippen molar-refractivity contribution in [1.29, 1.82) is 0 Å². The number of ether oxygens (including phenoxy) is 1. The van der Waals surface area contributed by atoms with Gasteiger partial charge in [-0.2, -0.15) is 0 Å². The van der Waals surface area contributed by atoms with E-state index in [4.69, 9.17) is 4.74 Å². The van der Waals surface area contributed by atoms with Gasteiger partial charge in [0.25, 0.3) is 0 Å². The topological polar surface area (TPSA) is 95.9 Å². The number of allylic oxidation sites excluding steroid dienone is 4. The Kier molecular flexibility index (Phi) is 34.4. The number of aliphatic hydroxyl groups is 2. The van der Waals surface area contributed by atoms with Gasteiger partial charge in [-0.1, -0.05) is 148 Å². The first-order valence-corrected chi connectivity index (χ1v) is 20.1. The summed E-state index contributed by atoms with van der Waals surface area (Å²) in [5, 5.41) is 23.4. The van der Waals surface area contributed by atoms with Crippen LogP contribution in [0.2, 0.25) is 0 Å². The first kappa shape index (κ1) is 45.3. The van der Waals surface area contributed by atoms with Crippen molar-refractivity contribution in [1.82, 2.24) is 5.32 Å². The lowest BCUT2D eigenvalue weighted by atomic mass is 10.0. The van der Waals surface area contributed by atoms with Gasteiger partial charge in [0.2, 0.25) is 5.91 Å². The monoisotopic (exact) mass is 664 g/mol. The molecule has 3 unspecified atom stereocenters. The number of hydrogen-bond donors (Lipinski definition) is 3. The summed E-state index contributed by atoms with van der Waals surface area (Å²) in [5.74, 6) is -0.507. The van der Waals surface area contributed by atoms with E-state index in [2.05, 4.69) is 50.4 Å². The zero-order valence-corrected chi connectivity index (χ0v) is 31.2. The van der Waals surface area contributed by atoms with Crippen molar-refractivity contribution in [2.45, 2.75) is 219 Å². The van der Waals surface area contributed by atoms with E-state index in [1.807, 2.05) is 0 Å². The van der Waals surface area contributed by atoms with Crippen LogP contribution in [0.4, 0.5) is 0 Å². The molecule has 0 radical (unpaired) electrons. The molecule has 6 nitrogen and oxygen atoms in total. The van der Waals surface area contributed by atoms with E-state index in [0.717, 1.165) is 89.9 Å². The molecule has 0 aliphatic heterocycles. The highest BCUT2D eigenvalue weighted by Gasteiger charge is 2.24. The van der Waals surface area contributed by atoms with Gasteiger partial charge >= 0.3 is 5.97 Å². The normalized spacial score (nSPS) is 13.7. The fourth-order valence-corrected chi connectivity index (χ4v) is 5.90. The second kappa shape index (κ2) is 35.6. The molecular formula is C41H77NO5. The fraction of sp³-hybridized carbons (Fsp3) is 0.854. The van der Waals surface area contributed by atoms with E-state index in [-0.39, 0.29) is 24.9 Å². The highest BCUT2D eigenvalue weighted by atomic mass is 16.5. The number of esters is 1. The third kappa shape index (κ3) is 31.4. The maximum absolute atomic E-state index is 13.0. The van der Waals surface area contributed by atoms with E-state index >= 15 is 0 Å². The molecule has 0 saturated heterocycles. The van der Waals surface area contributed by atoms with Crippen LogP contribution in [0.1, 0.15) is 201 Å². The molecule has 0 fully saturated rings. The van der Waals surface area contributed by atoms with Crippen LogP contribution < -0.4 is 5.32 Å². The van der Waals surface area contributed by atoms with Crippen LogP contribution in [0.5, 0.6) is 0 Å². The number of rotatable bonds is 35. The van der Waals surface area contributed by atoms with E-state index < -0.39 is 18.2 Å². The van der Waals surface area contributed by atoms with Gasteiger partial charge in [-0.05, 0) is 64.2 Å². The van der Waals surface area contributed by atoms with E-state index in [1.165, 1.54) is 64.2 Å². The summed E-state index contributed by atoms with van der Waals surface area (Å²) in [6.45, 7) is 6.30. The number of amides is 1. The lowest BCUT2D eigenvalue weighted by molar-refractivity contribution is -0.151. The van der Waals surface area contributed by atoms with Crippen molar-refractivity contribution >= 4 is 11.9 Å². The highest BCUT2D eigenvalue weighted by molar-refractivity contribution is 5.77. The number of carbonyl (C=O) groups excluding carboxylic acids is 2. The van der Waals surface area contributed by atoms with Crippen molar-refractivity contribution in [3.8, 4) is 0 Å². The molecule has 0 aromatic rings. The van der Waals surface area contributed by atoms with Gasteiger partial charge in [-0.25, -0.2) is 0 Å². The molecule has 0 aliphatic rings. The lowest BCUT2D eigenvalue weighted by Crippen LogP contribution is -2.46. The van der Waals surface area contributed by atoms with Gasteiger partial charge in [-0.15, -0.1) is 0 Å². The molecule has 276 valence electrons. The van der Waals surface area contributed by atoms with Crippen LogP contribution in [0.3, 0.4) is 0 Å². The van der Waals surface area contributed by atoms with Gasteiger partial charge in [0, 0.05) is 6.42 Å². The van der Waals surface area contributed by atoms with Crippen LogP contribution >= 0.6 is 0 Å². The van der Waals surface area contributed by atoms with E-state index in [1.54, 1.807) is 0 Å². The molecule has 0 spiro atoms. The van der Waals surface area contributed by atoms with Gasteiger partial charge in [0.1, 0.15) is 6.10 Å². The summed E-state index contributed by atoms with van der Waals surface area (Å²) in [6, 6.07) is -0.700.